The molecule has 0 aromatic heterocycles. The minimum atomic E-state index is -0.587. The predicted octanol–water partition coefficient (Wildman–Crippen LogP) is 1.08. The molecule has 96 valence electrons. The molecule has 1 aliphatic carbocycles. The highest BCUT2D eigenvalue weighted by Gasteiger charge is 2.46. The lowest BCUT2D eigenvalue weighted by atomic mass is 9.89. The number of halogens is 1. The molecule has 0 radical (unpaired) electrons. The Morgan fingerprint density at radius 1 is 1.50 bits per heavy atom. The van der Waals surface area contributed by atoms with Crippen molar-refractivity contribution in [1.82, 2.24) is 5.32 Å². The second kappa shape index (κ2) is 5.34. The second-order valence-electron chi connectivity index (χ2n) is 5.46. The van der Waals surface area contributed by atoms with Crippen molar-refractivity contribution in [3.8, 4) is 0 Å². The van der Waals surface area contributed by atoms with Crippen LogP contribution in [0.15, 0.2) is 0 Å². The summed E-state index contributed by atoms with van der Waals surface area (Å²) in [6.07, 6.45) is 1.61. The van der Waals surface area contributed by atoms with Crippen molar-refractivity contribution in [3.63, 3.8) is 0 Å². The van der Waals surface area contributed by atoms with E-state index in [9.17, 15) is 4.79 Å². The number of carbonyl (C=O) groups excluding carboxylic acids is 1. The molecule has 5 heteroatoms. The van der Waals surface area contributed by atoms with Crippen LogP contribution >= 0.6 is 12.4 Å². The van der Waals surface area contributed by atoms with Crippen molar-refractivity contribution >= 4 is 18.3 Å². The van der Waals surface area contributed by atoms with Crippen LogP contribution in [0, 0.1) is 5.41 Å². The average Bonchev–Trinajstić information content (AvgIpc) is 2.83. The fourth-order valence-corrected chi connectivity index (χ4v) is 1.47. The average molecular weight is 251 g/mol. The van der Waals surface area contributed by atoms with E-state index in [-0.39, 0.29) is 29.8 Å². The number of nitrogens with two attached hydrogens (primary N) is 1. The van der Waals surface area contributed by atoms with Crippen molar-refractivity contribution in [2.75, 3.05) is 13.7 Å². The first-order valence-electron chi connectivity index (χ1n) is 5.39. The predicted molar refractivity (Wildman–Crippen MR) is 66.7 cm³/mol. The normalized spacial score (nSPS) is 19.6. The van der Waals surface area contributed by atoms with Crippen molar-refractivity contribution < 1.29 is 9.53 Å². The molecule has 3 N–H and O–H groups in total. The van der Waals surface area contributed by atoms with Crippen molar-refractivity contribution in [1.29, 1.82) is 0 Å². The minimum Gasteiger partial charge on any atom is -0.379 e. The van der Waals surface area contributed by atoms with E-state index in [0.29, 0.717) is 6.54 Å². The topological polar surface area (TPSA) is 64.3 Å². The standard InChI is InChI=1S/C11H22N2O2.ClH/c1-10(2,3)8(15-4)7-13-9(14)11(12)5-6-11;/h8H,5-7,12H2,1-4H3,(H,13,14);1H. The highest BCUT2D eigenvalue weighted by Crippen LogP contribution is 2.32. The lowest BCUT2D eigenvalue weighted by Gasteiger charge is -2.29. The SMILES string of the molecule is COC(CNC(=O)C1(N)CC1)C(C)(C)C.Cl. The van der Waals surface area contributed by atoms with Crippen LogP contribution in [-0.2, 0) is 9.53 Å². The molecule has 0 bridgehead atoms. The Kier molecular flexibility index (Phi) is 5.23. The molecule has 0 spiro atoms. The van der Waals surface area contributed by atoms with E-state index in [2.05, 4.69) is 26.1 Å². The fraction of sp³-hybridized carbons (Fsp3) is 0.909. The van der Waals surface area contributed by atoms with Gasteiger partial charge in [-0.3, -0.25) is 4.79 Å². The van der Waals surface area contributed by atoms with Crippen LogP contribution in [0.1, 0.15) is 33.6 Å². The zero-order chi connectivity index (χ0) is 11.7. The number of carbonyl (C=O) groups is 1. The third-order valence-electron chi connectivity index (χ3n) is 2.94. The van der Waals surface area contributed by atoms with Crippen LogP contribution in [0.4, 0.5) is 0 Å². The van der Waals surface area contributed by atoms with Gasteiger partial charge in [0, 0.05) is 13.7 Å². The van der Waals surface area contributed by atoms with Gasteiger partial charge >= 0.3 is 0 Å². The summed E-state index contributed by atoms with van der Waals surface area (Å²) in [6, 6.07) is 0. The molecule has 0 aliphatic heterocycles. The summed E-state index contributed by atoms with van der Waals surface area (Å²) in [5.41, 5.74) is 5.21. The highest BCUT2D eigenvalue weighted by molar-refractivity contribution is 5.88. The summed E-state index contributed by atoms with van der Waals surface area (Å²) in [5.74, 6) is -0.0474. The van der Waals surface area contributed by atoms with Crippen LogP contribution < -0.4 is 11.1 Å². The van der Waals surface area contributed by atoms with Gasteiger partial charge in [-0.2, -0.15) is 0 Å². The highest BCUT2D eigenvalue weighted by atomic mass is 35.5. The number of methoxy groups -OCH3 is 1. The maximum atomic E-state index is 11.6. The van der Waals surface area contributed by atoms with Gasteiger partial charge in [0.2, 0.25) is 5.91 Å². The Bertz CT molecular complexity index is 247. The Labute approximate surface area is 104 Å². The summed E-state index contributed by atoms with van der Waals surface area (Å²) in [6.45, 7) is 6.78. The van der Waals surface area contributed by atoms with Crippen LogP contribution in [-0.4, -0.2) is 31.2 Å². The Balaban J connectivity index is 0.00000225. The molecular formula is C11H23ClN2O2. The summed E-state index contributed by atoms with van der Waals surface area (Å²) < 4.78 is 5.34. The Morgan fingerprint density at radius 2 is 2.00 bits per heavy atom. The molecule has 1 fully saturated rings. The zero-order valence-electron chi connectivity index (χ0n) is 10.5. The van der Waals surface area contributed by atoms with Gasteiger partial charge < -0.3 is 15.8 Å². The van der Waals surface area contributed by atoms with E-state index in [4.69, 9.17) is 10.5 Å². The van der Waals surface area contributed by atoms with Gasteiger partial charge in [-0.05, 0) is 18.3 Å². The molecule has 16 heavy (non-hydrogen) atoms. The van der Waals surface area contributed by atoms with Crippen molar-refractivity contribution in [2.24, 2.45) is 11.1 Å². The number of hydrogen-bond acceptors (Lipinski definition) is 3. The molecule has 1 atom stereocenters. The Morgan fingerprint density at radius 3 is 2.31 bits per heavy atom. The lowest BCUT2D eigenvalue weighted by molar-refractivity contribution is -0.124. The largest absolute Gasteiger partial charge is 0.379 e. The van der Waals surface area contributed by atoms with Crippen LogP contribution in [0.25, 0.3) is 0 Å². The third-order valence-corrected chi connectivity index (χ3v) is 2.94. The molecule has 1 saturated carbocycles. The van der Waals surface area contributed by atoms with Crippen molar-refractivity contribution in [2.45, 2.75) is 45.3 Å². The summed E-state index contributed by atoms with van der Waals surface area (Å²) in [7, 11) is 1.66. The van der Waals surface area contributed by atoms with Crippen LogP contribution in [0.2, 0.25) is 0 Å². The van der Waals surface area contributed by atoms with Gasteiger partial charge in [-0.25, -0.2) is 0 Å². The van der Waals surface area contributed by atoms with E-state index in [1.165, 1.54) is 0 Å². The van der Waals surface area contributed by atoms with Gasteiger partial charge in [0.05, 0.1) is 11.6 Å². The lowest BCUT2D eigenvalue weighted by Crippen LogP contribution is -2.47. The molecule has 4 nitrogen and oxygen atoms in total. The first kappa shape index (κ1) is 15.7. The zero-order valence-corrected chi connectivity index (χ0v) is 11.3. The van der Waals surface area contributed by atoms with Crippen molar-refractivity contribution in [3.05, 3.63) is 0 Å². The summed E-state index contributed by atoms with van der Waals surface area (Å²) >= 11 is 0. The van der Waals surface area contributed by atoms with Gasteiger partial charge in [0.25, 0.3) is 0 Å². The molecule has 1 rings (SSSR count). The summed E-state index contributed by atoms with van der Waals surface area (Å²) in [4.78, 5) is 11.6. The van der Waals surface area contributed by atoms with E-state index < -0.39 is 5.54 Å². The number of amides is 1. The van der Waals surface area contributed by atoms with E-state index in [0.717, 1.165) is 12.8 Å². The van der Waals surface area contributed by atoms with E-state index in [1.807, 2.05) is 0 Å². The molecule has 1 aliphatic rings. The van der Waals surface area contributed by atoms with Gasteiger partial charge in [-0.1, -0.05) is 20.8 Å². The van der Waals surface area contributed by atoms with Crippen LogP contribution in [0.3, 0.4) is 0 Å². The molecule has 0 saturated heterocycles. The van der Waals surface area contributed by atoms with Crippen LogP contribution in [0.5, 0.6) is 0 Å². The third kappa shape index (κ3) is 3.92. The Hall–Kier alpha value is -0.320. The smallest absolute Gasteiger partial charge is 0.240 e. The number of hydrogen-bond donors (Lipinski definition) is 2. The molecule has 0 aromatic rings. The molecule has 0 heterocycles. The van der Waals surface area contributed by atoms with E-state index >= 15 is 0 Å². The maximum absolute atomic E-state index is 11.6. The molecular weight excluding hydrogens is 228 g/mol. The van der Waals surface area contributed by atoms with E-state index in [1.54, 1.807) is 7.11 Å². The van der Waals surface area contributed by atoms with Gasteiger partial charge in [0.15, 0.2) is 0 Å². The maximum Gasteiger partial charge on any atom is 0.240 e. The monoisotopic (exact) mass is 250 g/mol. The first-order valence-corrected chi connectivity index (χ1v) is 5.39. The number of rotatable bonds is 4. The fourth-order valence-electron chi connectivity index (χ4n) is 1.47. The van der Waals surface area contributed by atoms with Gasteiger partial charge in [-0.15, -0.1) is 12.4 Å². The second-order valence-corrected chi connectivity index (χ2v) is 5.46. The summed E-state index contributed by atoms with van der Waals surface area (Å²) in [5, 5.41) is 2.85. The molecule has 1 unspecified atom stereocenters. The molecule has 1 amide bonds. The first-order chi connectivity index (χ1) is 6.79. The number of ether oxygens (including phenoxy) is 1. The minimum absolute atomic E-state index is 0. The quantitative estimate of drug-likeness (QED) is 0.785. The number of nitrogens with one attached hydrogen (secondary N) is 1. The van der Waals surface area contributed by atoms with Gasteiger partial charge in [0.1, 0.15) is 0 Å². The molecule has 0 aromatic carbocycles.